The predicted octanol–water partition coefficient (Wildman–Crippen LogP) is 3.17. The van der Waals surface area contributed by atoms with E-state index in [0.29, 0.717) is 32.6 Å². The summed E-state index contributed by atoms with van der Waals surface area (Å²) in [5.41, 5.74) is 8.81. The second kappa shape index (κ2) is 9.73. The summed E-state index contributed by atoms with van der Waals surface area (Å²) in [5.74, 6) is 0.326. The Hall–Kier alpha value is -2.33. The maximum atomic E-state index is 11.9. The molecule has 0 radical (unpaired) electrons. The first-order valence-corrected chi connectivity index (χ1v) is 8.37. The summed E-state index contributed by atoms with van der Waals surface area (Å²) < 4.78 is 5.69. The van der Waals surface area contributed by atoms with Crippen LogP contribution in [0.3, 0.4) is 0 Å². The van der Waals surface area contributed by atoms with Crippen LogP contribution in [0.2, 0.25) is 0 Å². The van der Waals surface area contributed by atoms with Crippen molar-refractivity contribution in [1.29, 1.82) is 0 Å². The number of anilines is 1. The van der Waals surface area contributed by atoms with Crippen molar-refractivity contribution < 1.29 is 9.53 Å². The van der Waals surface area contributed by atoms with Gasteiger partial charge >= 0.3 is 0 Å². The fraction of sp³-hybridized carbons (Fsp3) is 0.350. The van der Waals surface area contributed by atoms with E-state index < -0.39 is 0 Å². The molecule has 0 aromatic heterocycles. The molecular formula is C20H26N2O2. The molecule has 0 saturated heterocycles. The van der Waals surface area contributed by atoms with Gasteiger partial charge in [0, 0.05) is 18.7 Å². The average Bonchev–Trinajstić information content (AvgIpc) is 2.60. The highest BCUT2D eigenvalue weighted by Crippen LogP contribution is 2.12. The third kappa shape index (κ3) is 6.42. The molecular weight excluding hydrogens is 300 g/mol. The molecule has 1 atom stereocenters. The van der Waals surface area contributed by atoms with Crippen molar-refractivity contribution in [2.75, 3.05) is 18.9 Å². The summed E-state index contributed by atoms with van der Waals surface area (Å²) in [5, 5.41) is 2.96. The van der Waals surface area contributed by atoms with E-state index in [1.54, 1.807) is 0 Å². The van der Waals surface area contributed by atoms with Crippen LogP contribution < -0.4 is 11.1 Å². The molecule has 0 bridgehead atoms. The van der Waals surface area contributed by atoms with Crippen LogP contribution in [0.15, 0.2) is 54.6 Å². The fourth-order valence-corrected chi connectivity index (χ4v) is 2.40. The molecule has 1 amide bonds. The van der Waals surface area contributed by atoms with E-state index in [9.17, 15) is 4.79 Å². The summed E-state index contributed by atoms with van der Waals surface area (Å²) in [6.45, 7) is 3.92. The number of nitrogens with one attached hydrogen (secondary N) is 1. The van der Waals surface area contributed by atoms with Crippen LogP contribution in [0.4, 0.5) is 5.69 Å². The zero-order valence-corrected chi connectivity index (χ0v) is 14.2. The van der Waals surface area contributed by atoms with Crippen LogP contribution in [-0.4, -0.2) is 19.1 Å². The normalized spacial score (nSPS) is 11.9. The Morgan fingerprint density at radius 2 is 1.83 bits per heavy atom. The number of benzene rings is 2. The van der Waals surface area contributed by atoms with Crippen LogP contribution in [0.25, 0.3) is 0 Å². The second-order valence-electron chi connectivity index (χ2n) is 6.11. The Labute approximate surface area is 144 Å². The zero-order valence-electron chi connectivity index (χ0n) is 14.2. The molecule has 2 aromatic carbocycles. The van der Waals surface area contributed by atoms with Crippen molar-refractivity contribution in [2.45, 2.75) is 26.4 Å². The topological polar surface area (TPSA) is 64.4 Å². The van der Waals surface area contributed by atoms with Crippen molar-refractivity contribution in [2.24, 2.45) is 5.92 Å². The van der Waals surface area contributed by atoms with Gasteiger partial charge in [-0.25, -0.2) is 0 Å². The van der Waals surface area contributed by atoms with Crippen LogP contribution >= 0.6 is 0 Å². The van der Waals surface area contributed by atoms with Gasteiger partial charge in [-0.15, -0.1) is 0 Å². The highest BCUT2D eigenvalue weighted by Gasteiger charge is 2.07. The first-order valence-electron chi connectivity index (χ1n) is 8.37. The Kier molecular flexibility index (Phi) is 7.30. The van der Waals surface area contributed by atoms with E-state index >= 15 is 0 Å². The minimum absolute atomic E-state index is 0.0492. The monoisotopic (exact) mass is 326 g/mol. The molecule has 0 heterocycles. The van der Waals surface area contributed by atoms with Crippen LogP contribution in [0, 0.1) is 5.92 Å². The maximum absolute atomic E-state index is 11.9. The quantitative estimate of drug-likeness (QED) is 0.696. The smallest absolute Gasteiger partial charge is 0.220 e. The summed E-state index contributed by atoms with van der Waals surface area (Å²) >= 11 is 0. The Bertz CT molecular complexity index is 629. The van der Waals surface area contributed by atoms with Crippen molar-refractivity contribution in [3.8, 4) is 0 Å². The standard InChI is InChI=1S/C20H26N2O2/c1-16(14-24-15-17-7-3-2-4-8-17)13-22-20(23)12-11-18-9-5-6-10-19(18)21/h2-10,16H,11-15,21H2,1H3,(H,22,23). The number of hydrogen-bond donors (Lipinski definition) is 2. The molecule has 24 heavy (non-hydrogen) atoms. The van der Waals surface area contributed by atoms with Crippen molar-refractivity contribution in [1.82, 2.24) is 5.32 Å². The molecule has 2 rings (SSSR count). The Morgan fingerprint density at radius 1 is 1.12 bits per heavy atom. The molecule has 0 saturated carbocycles. The van der Waals surface area contributed by atoms with Gasteiger partial charge in [0.05, 0.1) is 13.2 Å². The molecule has 2 aromatic rings. The van der Waals surface area contributed by atoms with Gasteiger partial charge in [0.1, 0.15) is 0 Å². The second-order valence-corrected chi connectivity index (χ2v) is 6.11. The molecule has 0 fully saturated rings. The molecule has 1 unspecified atom stereocenters. The molecule has 0 aliphatic carbocycles. The van der Waals surface area contributed by atoms with E-state index in [4.69, 9.17) is 10.5 Å². The number of carbonyl (C=O) groups excluding carboxylic acids is 1. The first kappa shape index (κ1) is 18.0. The van der Waals surface area contributed by atoms with E-state index in [-0.39, 0.29) is 11.8 Å². The number of carbonyl (C=O) groups is 1. The highest BCUT2D eigenvalue weighted by atomic mass is 16.5. The molecule has 3 N–H and O–H groups in total. The van der Waals surface area contributed by atoms with Gasteiger partial charge in [0.2, 0.25) is 5.91 Å². The van der Waals surface area contributed by atoms with Crippen molar-refractivity contribution >= 4 is 11.6 Å². The van der Waals surface area contributed by atoms with Gasteiger partial charge < -0.3 is 15.8 Å². The third-order valence-electron chi connectivity index (χ3n) is 3.84. The summed E-state index contributed by atoms with van der Waals surface area (Å²) in [6.07, 6.45) is 1.11. The molecule has 4 nitrogen and oxygen atoms in total. The van der Waals surface area contributed by atoms with Gasteiger partial charge in [-0.05, 0) is 29.5 Å². The Morgan fingerprint density at radius 3 is 2.58 bits per heavy atom. The number of ether oxygens (including phenoxy) is 1. The van der Waals surface area contributed by atoms with Crippen molar-refractivity contribution in [3.05, 3.63) is 65.7 Å². The fourth-order valence-electron chi connectivity index (χ4n) is 2.40. The van der Waals surface area contributed by atoms with Crippen LogP contribution in [0.1, 0.15) is 24.5 Å². The minimum Gasteiger partial charge on any atom is -0.399 e. The number of amides is 1. The van der Waals surface area contributed by atoms with Gasteiger partial charge in [-0.2, -0.15) is 0 Å². The van der Waals surface area contributed by atoms with Gasteiger partial charge in [0.25, 0.3) is 0 Å². The first-order chi connectivity index (χ1) is 11.6. The molecule has 0 spiro atoms. The molecule has 128 valence electrons. The van der Waals surface area contributed by atoms with Gasteiger partial charge in [-0.3, -0.25) is 4.79 Å². The molecule has 4 heteroatoms. The largest absolute Gasteiger partial charge is 0.399 e. The van der Waals surface area contributed by atoms with E-state index in [1.165, 1.54) is 0 Å². The lowest BCUT2D eigenvalue weighted by molar-refractivity contribution is -0.121. The molecule has 0 aliphatic heterocycles. The number of aryl methyl sites for hydroxylation is 1. The van der Waals surface area contributed by atoms with Gasteiger partial charge in [0.15, 0.2) is 0 Å². The predicted molar refractivity (Wildman–Crippen MR) is 97.4 cm³/mol. The lowest BCUT2D eigenvalue weighted by Crippen LogP contribution is -2.30. The van der Waals surface area contributed by atoms with Gasteiger partial charge in [-0.1, -0.05) is 55.5 Å². The maximum Gasteiger partial charge on any atom is 0.220 e. The van der Waals surface area contributed by atoms with E-state index in [2.05, 4.69) is 12.2 Å². The van der Waals surface area contributed by atoms with E-state index in [0.717, 1.165) is 16.8 Å². The lowest BCUT2D eigenvalue weighted by Gasteiger charge is -2.13. The number of para-hydroxylation sites is 1. The lowest BCUT2D eigenvalue weighted by atomic mass is 10.1. The van der Waals surface area contributed by atoms with E-state index in [1.807, 2.05) is 54.6 Å². The minimum atomic E-state index is 0.0492. The number of nitrogens with two attached hydrogens (primary N) is 1. The molecule has 0 aliphatic rings. The van der Waals surface area contributed by atoms with Crippen molar-refractivity contribution in [3.63, 3.8) is 0 Å². The number of rotatable bonds is 9. The third-order valence-corrected chi connectivity index (χ3v) is 3.84. The number of nitrogen functional groups attached to an aromatic ring is 1. The summed E-state index contributed by atoms with van der Waals surface area (Å²) in [7, 11) is 0. The zero-order chi connectivity index (χ0) is 17.2. The SMILES string of the molecule is CC(CNC(=O)CCc1ccccc1N)COCc1ccccc1. The van der Waals surface area contributed by atoms with Crippen LogP contribution in [-0.2, 0) is 22.6 Å². The van der Waals surface area contributed by atoms with Crippen LogP contribution in [0.5, 0.6) is 0 Å². The highest BCUT2D eigenvalue weighted by molar-refractivity contribution is 5.76. The summed E-state index contributed by atoms with van der Waals surface area (Å²) in [4.78, 5) is 11.9. The average molecular weight is 326 g/mol. The Balaban J connectivity index is 1.60. The number of hydrogen-bond acceptors (Lipinski definition) is 3. The summed E-state index contributed by atoms with van der Waals surface area (Å²) in [6, 6.07) is 17.7.